The van der Waals surface area contributed by atoms with E-state index in [1.165, 1.54) is 0 Å². The number of nitrogens with one attached hydrogen (secondary N) is 1. The number of hydrogen-bond acceptors (Lipinski definition) is 3. The zero-order chi connectivity index (χ0) is 9.19. The number of amidine groups is 1. The number of alkyl halides is 3. The van der Waals surface area contributed by atoms with Crippen LogP contribution in [-0.2, 0) is 0 Å². The molecule has 0 saturated carbocycles. The van der Waals surface area contributed by atoms with Crippen LogP contribution in [0.25, 0.3) is 0 Å². The van der Waals surface area contributed by atoms with Gasteiger partial charge in [-0.3, -0.25) is 10.3 Å². The molecule has 1 aliphatic rings. The maximum Gasteiger partial charge on any atom is 0.270 e. The van der Waals surface area contributed by atoms with E-state index in [1.54, 1.807) is 4.90 Å². The molecule has 0 bridgehead atoms. The third-order valence-corrected chi connectivity index (χ3v) is 2.14. The van der Waals surface area contributed by atoms with Crippen LogP contribution in [0.2, 0.25) is 0 Å². The van der Waals surface area contributed by atoms with Crippen molar-refractivity contribution in [1.82, 2.24) is 10.3 Å². The normalized spacial score (nSPS) is 17.7. The summed E-state index contributed by atoms with van der Waals surface area (Å²) in [5, 5.41) is 4.01. The van der Waals surface area contributed by atoms with Crippen LogP contribution in [0.4, 0.5) is 0 Å². The smallest absolute Gasteiger partial charge is 0.270 e. The molecular weight excluding hydrogens is 220 g/mol. The summed E-state index contributed by atoms with van der Waals surface area (Å²) in [6, 6.07) is 0. The summed E-state index contributed by atoms with van der Waals surface area (Å²) < 4.78 is -1.39. The Kier molecular flexibility index (Phi) is 3.32. The number of nitrogens with zero attached hydrogens (tertiary/aromatic N) is 2. The van der Waals surface area contributed by atoms with Gasteiger partial charge >= 0.3 is 0 Å². The van der Waals surface area contributed by atoms with E-state index < -0.39 is 3.92 Å². The summed E-state index contributed by atoms with van der Waals surface area (Å²) in [6.45, 7) is 2.52. The molecule has 6 heteroatoms. The number of hydrogen-bond donors (Lipinski definition) is 1. The SMILES string of the molecule is CCCC1=NNCN1C(Cl)(Cl)Cl. The first-order chi connectivity index (χ1) is 5.55. The summed E-state index contributed by atoms with van der Waals surface area (Å²) in [5.74, 6) is 0.803. The van der Waals surface area contributed by atoms with Gasteiger partial charge in [-0.05, 0) is 6.42 Å². The average molecular weight is 231 g/mol. The van der Waals surface area contributed by atoms with Crippen molar-refractivity contribution < 1.29 is 0 Å². The van der Waals surface area contributed by atoms with Crippen molar-refractivity contribution >= 4 is 40.6 Å². The second-order valence-corrected chi connectivity index (χ2v) is 4.71. The first-order valence-electron chi connectivity index (χ1n) is 3.69. The molecule has 1 aliphatic heterocycles. The van der Waals surface area contributed by atoms with Crippen LogP contribution in [0.1, 0.15) is 19.8 Å². The summed E-state index contributed by atoms with van der Waals surface area (Å²) in [7, 11) is 0. The molecule has 0 aliphatic carbocycles. The predicted octanol–water partition coefficient (Wildman–Crippen LogP) is 2.29. The van der Waals surface area contributed by atoms with Gasteiger partial charge in [0, 0.05) is 6.42 Å². The number of hydrazone groups is 1. The lowest BCUT2D eigenvalue weighted by molar-refractivity contribution is 0.425. The minimum absolute atomic E-state index is 0.464. The Morgan fingerprint density at radius 1 is 1.58 bits per heavy atom. The van der Waals surface area contributed by atoms with E-state index in [0.29, 0.717) is 6.67 Å². The Morgan fingerprint density at radius 2 is 2.25 bits per heavy atom. The van der Waals surface area contributed by atoms with Crippen LogP contribution in [0, 0.1) is 0 Å². The van der Waals surface area contributed by atoms with Gasteiger partial charge in [0.1, 0.15) is 12.5 Å². The largest absolute Gasteiger partial charge is 0.295 e. The van der Waals surface area contributed by atoms with Gasteiger partial charge < -0.3 is 0 Å². The van der Waals surface area contributed by atoms with Gasteiger partial charge in [-0.15, -0.1) is 0 Å². The van der Waals surface area contributed by atoms with Gasteiger partial charge in [0.15, 0.2) is 0 Å². The lowest BCUT2D eigenvalue weighted by atomic mass is 10.3. The minimum atomic E-state index is -1.39. The highest BCUT2D eigenvalue weighted by molar-refractivity contribution is 6.67. The molecule has 1 heterocycles. The van der Waals surface area contributed by atoms with Crippen LogP contribution in [0.3, 0.4) is 0 Å². The van der Waals surface area contributed by atoms with Crippen molar-refractivity contribution in [2.24, 2.45) is 5.10 Å². The maximum atomic E-state index is 5.71. The van der Waals surface area contributed by atoms with Crippen molar-refractivity contribution in [1.29, 1.82) is 0 Å². The molecule has 0 saturated heterocycles. The quantitative estimate of drug-likeness (QED) is 0.582. The highest BCUT2D eigenvalue weighted by atomic mass is 35.6. The fraction of sp³-hybridized carbons (Fsp3) is 0.833. The monoisotopic (exact) mass is 229 g/mol. The summed E-state index contributed by atoms with van der Waals surface area (Å²) >= 11 is 17.1. The van der Waals surface area contributed by atoms with E-state index in [2.05, 4.69) is 17.5 Å². The molecule has 1 N–H and O–H groups in total. The fourth-order valence-electron chi connectivity index (χ4n) is 0.999. The van der Waals surface area contributed by atoms with Gasteiger partial charge in [-0.1, -0.05) is 41.7 Å². The van der Waals surface area contributed by atoms with Crippen molar-refractivity contribution in [2.45, 2.75) is 23.7 Å². The van der Waals surface area contributed by atoms with E-state index in [4.69, 9.17) is 34.8 Å². The second kappa shape index (κ2) is 3.90. The molecule has 0 aromatic heterocycles. The lowest BCUT2D eigenvalue weighted by Crippen LogP contribution is -2.39. The molecule has 12 heavy (non-hydrogen) atoms. The Morgan fingerprint density at radius 3 is 2.75 bits per heavy atom. The molecule has 0 unspecified atom stereocenters. The van der Waals surface area contributed by atoms with E-state index in [0.717, 1.165) is 18.7 Å². The highest BCUT2D eigenvalue weighted by Gasteiger charge is 2.34. The van der Waals surface area contributed by atoms with Crippen LogP contribution in [0.15, 0.2) is 5.10 Å². The van der Waals surface area contributed by atoms with Crippen molar-refractivity contribution in [2.75, 3.05) is 6.67 Å². The van der Waals surface area contributed by atoms with Crippen molar-refractivity contribution in [3.05, 3.63) is 0 Å². The Bertz CT molecular complexity index is 187. The molecule has 3 nitrogen and oxygen atoms in total. The van der Waals surface area contributed by atoms with E-state index in [9.17, 15) is 0 Å². The lowest BCUT2D eigenvalue weighted by Gasteiger charge is -2.26. The molecule has 0 atom stereocenters. The minimum Gasteiger partial charge on any atom is -0.295 e. The first-order valence-corrected chi connectivity index (χ1v) is 4.83. The topological polar surface area (TPSA) is 27.6 Å². The molecule has 0 aromatic carbocycles. The van der Waals surface area contributed by atoms with Crippen LogP contribution < -0.4 is 5.43 Å². The predicted molar refractivity (Wildman–Crippen MR) is 52.5 cm³/mol. The molecule has 1 rings (SSSR count). The molecule has 70 valence electrons. The van der Waals surface area contributed by atoms with Crippen LogP contribution in [-0.4, -0.2) is 21.3 Å². The molecule has 0 amide bonds. The van der Waals surface area contributed by atoms with Gasteiger partial charge in [0.05, 0.1) is 0 Å². The summed E-state index contributed by atoms with van der Waals surface area (Å²) in [4.78, 5) is 1.61. The standard InChI is InChI=1S/C6H10Cl3N3/c1-2-3-5-11-10-4-12(5)6(7,8)9/h10H,2-4H2,1H3. The third-order valence-electron chi connectivity index (χ3n) is 1.53. The van der Waals surface area contributed by atoms with Crippen molar-refractivity contribution in [3.8, 4) is 0 Å². The summed E-state index contributed by atoms with van der Waals surface area (Å²) in [6.07, 6.45) is 1.80. The summed E-state index contributed by atoms with van der Waals surface area (Å²) in [5.41, 5.74) is 2.77. The third kappa shape index (κ3) is 2.31. The van der Waals surface area contributed by atoms with Crippen molar-refractivity contribution in [3.63, 3.8) is 0 Å². The van der Waals surface area contributed by atoms with Gasteiger partial charge in [0.2, 0.25) is 0 Å². The molecule has 0 spiro atoms. The number of halogens is 3. The van der Waals surface area contributed by atoms with E-state index in [1.807, 2.05) is 0 Å². The van der Waals surface area contributed by atoms with Gasteiger partial charge in [0.25, 0.3) is 3.92 Å². The van der Waals surface area contributed by atoms with Crippen LogP contribution >= 0.6 is 34.8 Å². The zero-order valence-corrected chi connectivity index (χ0v) is 8.92. The molecule has 0 fully saturated rings. The van der Waals surface area contributed by atoms with Crippen LogP contribution in [0.5, 0.6) is 0 Å². The number of rotatable bonds is 2. The second-order valence-electron chi connectivity index (χ2n) is 2.49. The van der Waals surface area contributed by atoms with E-state index >= 15 is 0 Å². The van der Waals surface area contributed by atoms with Gasteiger partial charge in [-0.25, -0.2) is 0 Å². The Balaban J connectivity index is 2.62. The average Bonchev–Trinajstić information content (AvgIpc) is 2.34. The first kappa shape index (κ1) is 10.2. The Labute approximate surface area is 86.6 Å². The molecular formula is C6H10Cl3N3. The molecule has 0 radical (unpaired) electrons. The fourth-order valence-corrected chi connectivity index (χ4v) is 1.47. The maximum absolute atomic E-state index is 5.71. The Hall–Kier alpha value is 0.140. The molecule has 0 aromatic rings. The highest BCUT2D eigenvalue weighted by Crippen LogP contribution is 2.32. The van der Waals surface area contributed by atoms with Gasteiger partial charge in [-0.2, -0.15) is 5.10 Å². The zero-order valence-electron chi connectivity index (χ0n) is 6.65. The van der Waals surface area contributed by atoms with E-state index in [-0.39, 0.29) is 0 Å².